The molecule has 28 heavy (non-hydrogen) atoms. The number of halogens is 1. The molecule has 0 amide bonds. The molecule has 3 aromatic carbocycles. The Hall–Kier alpha value is -2.92. The van der Waals surface area contributed by atoms with Crippen molar-refractivity contribution >= 4 is 33.4 Å². The number of rotatable bonds is 4. The second-order valence-electron chi connectivity index (χ2n) is 6.52. The van der Waals surface area contributed by atoms with Crippen LogP contribution in [0.2, 0.25) is 0 Å². The highest BCUT2D eigenvalue weighted by Gasteiger charge is 2.33. The van der Waals surface area contributed by atoms with E-state index in [0.29, 0.717) is 0 Å². The smallest absolute Gasteiger partial charge is 0.325 e. The lowest BCUT2D eigenvalue weighted by molar-refractivity contribution is -0.141. The zero-order valence-electron chi connectivity index (χ0n) is 15.4. The quantitative estimate of drug-likeness (QED) is 0.536. The lowest BCUT2D eigenvalue weighted by Crippen LogP contribution is -2.42. The van der Waals surface area contributed by atoms with Gasteiger partial charge in [-0.25, -0.2) is 4.99 Å². The van der Waals surface area contributed by atoms with Gasteiger partial charge in [0.25, 0.3) is 0 Å². The van der Waals surface area contributed by atoms with Crippen LogP contribution in [-0.4, -0.2) is 30.4 Å². The van der Waals surface area contributed by atoms with E-state index >= 15 is 0 Å². The molecule has 0 aliphatic carbocycles. The van der Waals surface area contributed by atoms with Gasteiger partial charge in [0.2, 0.25) is 0 Å². The molecule has 0 bridgehead atoms. The molecule has 4 nitrogen and oxygen atoms in total. The number of aliphatic imine (C=N–C) groups is 1. The van der Waals surface area contributed by atoms with Gasteiger partial charge in [0.15, 0.2) is 0 Å². The molecule has 0 fully saturated rings. The summed E-state index contributed by atoms with van der Waals surface area (Å²) in [5, 5.41) is 0. The molecule has 0 N–H and O–H groups in total. The molecule has 1 atom stereocenters. The summed E-state index contributed by atoms with van der Waals surface area (Å²) < 4.78 is 5.96. The molecule has 1 unspecified atom stereocenters. The first kappa shape index (κ1) is 18.4. The van der Waals surface area contributed by atoms with E-state index in [1.807, 2.05) is 65.6 Å². The third-order valence-electron chi connectivity index (χ3n) is 4.77. The van der Waals surface area contributed by atoms with Gasteiger partial charge < -0.3 is 9.64 Å². The van der Waals surface area contributed by atoms with Gasteiger partial charge in [-0.3, -0.25) is 4.79 Å². The third kappa shape index (κ3) is 3.58. The predicted octanol–water partition coefficient (Wildman–Crippen LogP) is 5.11. The highest BCUT2D eigenvalue weighted by molar-refractivity contribution is 9.10. The molecule has 0 aromatic heterocycles. The zero-order valence-corrected chi connectivity index (χ0v) is 17.0. The van der Waals surface area contributed by atoms with Gasteiger partial charge in [0.05, 0.1) is 18.8 Å². The van der Waals surface area contributed by atoms with E-state index in [0.717, 1.165) is 32.7 Å². The first-order valence-corrected chi connectivity index (χ1v) is 9.78. The number of carbonyl (C=O) groups excluding carboxylic acids is 1. The van der Waals surface area contributed by atoms with Crippen LogP contribution in [0.1, 0.15) is 22.7 Å². The highest BCUT2D eigenvalue weighted by Crippen LogP contribution is 2.41. The molecule has 4 rings (SSSR count). The number of benzene rings is 3. The number of methoxy groups -OCH3 is 1. The second-order valence-corrected chi connectivity index (χ2v) is 7.44. The zero-order chi connectivity index (χ0) is 19.5. The second kappa shape index (κ2) is 7.98. The molecule has 1 aliphatic rings. The van der Waals surface area contributed by atoms with Crippen molar-refractivity contribution in [3.8, 4) is 0 Å². The maximum absolute atomic E-state index is 12.3. The average Bonchev–Trinajstić information content (AvgIpc) is 2.74. The van der Waals surface area contributed by atoms with Crippen LogP contribution in [0, 0.1) is 0 Å². The van der Waals surface area contributed by atoms with Crippen LogP contribution >= 0.6 is 15.9 Å². The van der Waals surface area contributed by atoms with E-state index in [4.69, 9.17) is 9.73 Å². The monoisotopic (exact) mass is 434 g/mol. The fourth-order valence-corrected chi connectivity index (χ4v) is 3.88. The summed E-state index contributed by atoms with van der Waals surface area (Å²) >= 11 is 3.58. The van der Waals surface area contributed by atoms with Gasteiger partial charge in [-0.2, -0.15) is 0 Å². The summed E-state index contributed by atoms with van der Waals surface area (Å²) in [7, 11) is 1.41. The van der Waals surface area contributed by atoms with Crippen LogP contribution in [0.15, 0.2) is 88.3 Å². The summed E-state index contributed by atoms with van der Waals surface area (Å²) in [6.07, 6.45) is 0. The lowest BCUT2D eigenvalue weighted by Gasteiger charge is -2.38. The van der Waals surface area contributed by atoms with Crippen molar-refractivity contribution in [2.75, 3.05) is 13.7 Å². The fraction of sp³-hybridized carbons (Fsp3) is 0.130. The number of fused-ring (bicyclic) bond motifs is 1. The summed E-state index contributed by atoms with van der Waals surface area (Å²) in [5.41, 5.74) is 4.00. The number of carbonyl (C=O) groups is 1. The maximum atomic E-state index is 12.3. The van der Waals surface area contributed by atoms with Crippen LogP contribution in [-0.2, 0) is 9.53 Å². The molecule has 0 spiro atoms. The van der Waals surface area contributed by atoms with Gasteiger partial charge in [0, 0.05) is 15.6 Å². The van der Waals surface area contributed by atoms with Crippen LogP contribution in [0.5, 0.6) is 0 Å². The average molecular weight is 435 g/mol. The number of hydrogen-bond donors (Lipinski definition) is 0. The first-order valence-electron chi connectivity index (χ1n) is 8.99. The predicted molar refractivity (Wildman–Crippen MR) is 114 cm³/mol. The van der Waals surface area contributed by atoms with Crippen molar-refractivity contribution < 1.29 is 9.53 Å². The van der Waals surface area contributed by atoms with Crippen molar-refractivity contribution in [1.82, 2.24) is 4.90 Å². The van der Waals surface area contributed by atoms with E-state index in [1.54, 1.807) is 0 Å². The topological polar surface area (TPSA) is 41.9 Å². The Kier molecular flexibility index (Phi) is 5.26. The van der Waals surface area contributed by atoms with Crippen LogP contribution in [0.25, 0.3) is 0 Å². The molecular weight excluding hydrogens is 416 g/mol. The molecule has 0 saturated heterocycles. The Morgan fingerprint density at radius 2 is 1.71 bits per heavy atom. The van der Waals surface area contributed by atoms with Crippen molar-refractivity contribution in [2.24, 2.45) is 4.99 Å². The Labute approximate surface area is 172 Å². The van der Waals surface area contributed by atoms with E-state index in [2.05, 4.69) is 34.1 Å². The van der Waals surface area contributed by atoms with E-state index in [-0.39, 0.29) is 18.6 Å². The number of ether oxygens (including phenoxy) is 1. The molecule has 3 aromatic rings. The molecule has 1 heterocycles. The third-order valence-corrected chi connectivity index (χ3v) is 5.26. The van der Waals surface area contributed by atoms with Gasteiger partial charge in [-0.15, -0.1) is 0 Å². The Balaban J connectivity index is 1.94. The van der Waals surface area contributed by atoms with Gasteiger partial charge in [-0.05, 0) is 23.8 Å². The van der Waals surface area contributed by atoms with Crippen molar-refractivity contribution in [2.45, 2.75) is 6.04 Å². The minimum Gasteiger partial charge on any atom is -0.468 e. The minimum absolute atomic E-state index is 0.107. The Morgan fingerprint density at radius 3 is 2.39 bits per heavy atom. The maximum Gasteiger partial charge on any atom is 0.325 e. The SMILES string of the molecule is COC(=O)CN1C(c2ccccc2)=Nc2ccc(Br)cc2C1c1ccccc1. The van der Waals surface area contributed by atoms with Crippen LogP contribution < -0.4 is 0 Å². The lowest BCUT2D eigenvalue weighted by atomic mass is 9.93. The standard InChI is InChI=1S/C23H19BrN2O2/c1-28-21(27)15-26-22(16-8-4-2-5-9-16)19-14-18(24)12-13-20(19)25-23(26)17-10-6-3-7-11-17/h2-14,22H,15H2,1H3. The minimum atomic E-state index is -0.303. The summed E-state index contributed by atoms with van der Waals surface area (Å²) in [6.45, 7) is 0.107. The summed E-state index contributed by atoms with van der Waals surface area (Å²) in [4.78, 5) is 19.2. The number of esters is 1. The van der Waals surface area contributed by atoms with Crippen molar-refractivity contribution in [3.05, 3.63) is 100 Å². The van der Waals surface area contributed by atoms with E-state index < -0.39 is 0 Å². The summed E-state index contributed by atoms with van der Waals surface area (Å²) in [5.74, 6) is 0.456. The molecule has 5 heteroatoms. The highest BCUT2D eigenvalue weighted by atomic mass is 79.9. The van der Waals surface area contributed by atoms with Crippen LogP contribution in [0.4, 0.5) is 5.69 Å². The molecular formula is C23H19BrN2O2. The molecule has 1 aliphatic heterocycles. The van der Waals surface area contributed by atoms with Crippen molar-refractivity contribution in [3.63, 3.8) is 0 Å². The van der Waals surface area contributed by atoms with Crippen molar-refractivity contribution in [1.29, 1.82) is 0 Å². The number of amidine groups is 1. The van der Waals surface area contributed by atoms with Crippen LogP contribution in [0.3, 0.4) is 0 Å². The van der Waals surface area contributed by atoms with E-state index in [9.17, 15) is 4.79 Å². The largest absolute Gasteiger partial charge is 0.468 e. The molecule has 0 saturated carbocycles. The molecule has 0 radical (unpaired) electrons. The Bertz CT molecular complexity index is 1020. The van der Waals surface area contributed by atoms with Gasteiger partial charge in [0.1, 0.15) is 12.4 Å². The normalized spacial score (nSPS) is 15.6. The molecule has 140 valence electrons. The number of nitrogens with zero attached hydrogens (tertiary/aromatic N) is 2. The Morgan fingerprint density at radius 1 is 1.04 bits per heavy atom. The fourth-order valence-electron chi connectivity index (χ4n) is 3.50. The van der Waals surface area contributed by atoms with Gasteiger partial charge in [-0.1, -0.05) is 76.6 Å². The summed E-state index contributed by atoms with van der Waals surface area (Å²) in [6, 6.07) is 26.0. The first-order chi connectivity index (χ1) is 13.7. The van der Waals surface area contributed by atoms with Gasteiger partial charge >= 0.3 is 5.97 Å². The number of hydrogen-bond acceptors (Lipinski definition) is 4. The van der Waals surface area contributed by atoms with E-state index in [1.165, 1.54) is 7.11 Å².